The molecule has 0 aliphatic carbocycles. The molecule has 15 heavy (non-hydrogen) atoms. The third-order valence-corrected chi connectivity index (χ3v) is 4.63. The van der Waals surface area contributed by atoms with Gasteiger partial charge in [-0.25, -0.2) is 0 Å². The van der Waals surface area contributed by atoms with Gasteiger partial charge in [-0.1, -0.05) is 0 Å². The summed E-state index contributed by atoms with van der Waals surface area (Å²) in [6.45, 7) is 1.21. The summed E-state index contributed by atoms with van der Waals surface area (Å²) in [5.74, 6) is 0.964. The lowest BCUT2D eigenvalue weighted by Crippen LogP contribution is -2.51. The number of esters is 1. The minimum atomic E-state index is 0.0252. The molecule has 0 aromatic rings. The summed E-state index contributed by atoms with van der Waals surface area (Å²) in [6, 6.07) is 1.30. The Morgan fingerprint density at radius 3 is 3.00 bits per heavy atom. The smallest absolute Gasteiger partial charge is 0.310 e. The zero-order valence-electron chi connectivity index (χ0n) is 9.32. The molecule has 3 aliphatic heterocycles. The van der Waals surface area contributed by atoms with Gasteiger partial charge in [-0.05, 0) is 44.6 Å². The van der Waals surface area contributed by atoms with E-state index in [1.165, 1.54) is 39.3 Å². The van der Waals surface area contributed by atoms with E-state index in [1.54, 1.807) is 0 Å². The first kappa shape index (κ1) is 9.64. The van der Waals surface area contributed by atoms with E-state index in [2.05, 4.69) is 4.90 Å². The summed E-state index contributed by atoms with van der Waals surface area (Å²) in [7, 11) is 1.52. The number of methoxy groups -OCH3 is 1. The first-order valence-corrected chi connectivity index (χ1v) is 6.15. The molecule has 3 heteroatoms. The quantitative estimate of drug-likeness (QED) is 0.612. The van der Waals surface area contributed by atoms with Crippen LogP contribution in [0, 0.1) is 11.8 Å². The maximum atomic E-state index is 11.7. The van der Waals surface area contributed by atoms with Gasteiger partial charge in [0.15, 0.2) is 0 Å². The number of ether oxygens (including phenoxy) is 1. The van der Waals surface area contributed by atoms with Crippen molar-refractivity contribution in [1.29, 1.82) is 0 Å². The Balaban J connectivity index is 1.85. The van der Waals surface area contributed by atoms with Gasteiger partial charge < -0.3 is 4.74 Å². The van der Waals surface area contributed by atoms with E-state index >= 15 is 0 Å². The second-order valence-corrected chi connectivity index (χ2v) is 5.23. The molecule has 0 N–H and O–H groups in total. The van der Waals surface area contributed by atoms with Crippen LogP contribution in [-0.4, -0.2) is 36.6 Å². The van der Waals surface area contributed by atoms with Gasteiger partial charge in [0.25, 0.3) is 0 Å². The fourth-order valence-corrected chi connectivity index (χ4v) is 4.09. The summed E-state index contributed by atoms with van der Waals surface area (Å²) in [5, 5.41) is 0. The topological polar surface area (TPSA) is 29.5 Å². The van der Waals surface area contributed by atoms with Crippen LogP contribution in [0.25, 0.3) is 0 Å². The van der Waals surface area contributed by atoms with Crippen LogP contribution in [0.15, 0.2) is 0 Å². The molecular formula is C12H19NO2. The molecule has 3 rings (SSSR count). The lowest BCUT2D eigenvalue weighted by molar-refractivity contribution is -0.150. The molecule has 84 valence electrons. The highest BCUT2D eigenvalue weighted by Crippen LogP contribution is 2.47. The zero-order valence-corrected chi connectivity index (χ0v) is 9.32. The molecule has 0 spiro atoms. The van der Waals surface area contributed by atoms with Crippen molar-refractivity contribution in [1.82, 2.24) is 4.90 Å². The van der Waals surface area contributed by atoms with Crippen molar-refractivity contribution in [2.45, 2.75) is 44.2 Å². The highest BCUT2D eigenvalue weighted by Gasteiger charge is 2.52. The number of carbonyl (C=O) groups is 1. The van der Waals surface area contributed by atoms with Crippen molar-refractivity contribution < 1.29 is 9.53 Å². The highest BCUT2D eigenvalue weighted by molar-refractivity contribution is 5.73. The third kappa shape index (κ3) is 1.32. The van der Waals surface area contributed by atoms with Crippen LogP contribution in [-0.2, 0) is 9.53 Å². The summed E-state index contributed by atoms with van der Waals surface area (Å²) in [6.07, 6.45) is 6.23. The number of hydrogen-bond donors (Lipinski definition) is 0. The largest absolute Gasteiger partial charge is 0.469 e. The van der Waals surface area contributed by atoms with Crippen LogP contribution < -0.4 is 0 Å². The number of carbonyl (C=O) groups excluding carboxylic acids is 1. The van der Waals surface area contributed by atoms with E-state index in [0.717, 1.165) is 18.4 Å². The van der Waals surface area contributed by atoms with Gasteiger partial charge in [0.1, 0.15) is 0 Å². The standard InChI is InChI=1S/C12H19NO2/c1-15-12(14)10-5-4-9-7-8-3-2-6-13(9)11(8)10/h8-11H,2-7H2,1H3/t8-,9+,10-,11-/m0/s1. The second-order valence-electron chi connectivity index (χ2n) is 5.23. The van der Waals surface area contributed by atoms with Gasteiger partial charge in [0.2, 0.25) is 0 Å². The molecule has 3 fully saturated rings. The predicted octanol–water partition coefficient (Wildman–Crippen LogP) is 1.42. The predicted molar refractivity (Wildman–Crippen MR) is 56.4 cm³/mol. The Labute approximate surface area is 90.8 Å². The van der Waals surface area contributed by atoms with Crippen LogP contribution >= 0.6 is 0 Å². The van der Waals surface area contributed by atoms with Crippen molar-refractivity contribution in [3.8, 4) is 0 Å². The third-order valence-electron chi connectivity index (χ3n) is 4.63. The number of nitrogens with zero attached hydrogens (tertiary/aromatic N) is 1. The average molecular weight is 209 g/mol. The van der Waals surface area contributed by atoms with E-state index in [1.807, 2.05) is 0 Å². The molecule has 3 heterocycles. The zero-order chi connectivity index (χ0) is 10.4. The Kier molecular flexibility index (Phi) is 2.23. The van der Waals surface area contributed by atoms with Crippen LogP contribution in [0.2, 0.25) is 0 Å². The van der Waals surface area contributed by atoms with Crippen molar-refractivity contribution >= 4 is 5.97 Å². The van der Waals surface area contributed by atoms with E-state index in [-0.39, 0.29) is 11.9 Å². The Hall–Kier alpha value is -0.570. The normalized spacial score (nSPS) is 47.7. The molecule has 5 atom stereocenters. The van der Waals surface area contributed by atoms with Crippen LogP contribution in [0.5, 0.6) is 0 Å². The molecule has 0 radical (unpaired) electrons. The first-order chi connectivity index (χ1) is 7.31. The fraction of sp³-hybridized carbons (Fsp3) is 0.917. The van der Waals surface area contributed by atoms with Gasteiger partial charge in [0, 0.05) is 12.1 Å². The highest BCUT2D eigenvalue weighted by atomic mass is 16.5. The molecule has 0 aromatic carbocycles. The average Bonchev–Trinajstić information content (AvgIpc) is 2.48. The van der Waals surface area contributed by atoms with Gasteiger partial charge in [-0.2, -0.15) is 0 Å². The van der Waals surface area contributed by atoms with Crippen LogP contribution in [0.1, 0.15) is 32.1 Å². The molecular weight excluding hydrogens is 190 g/mol. The fourth-order valence-electron chi connectivity index (χ4n) is 4.09. The van der Waals surface area contributed by atoms with Crippen LogP contribution in [0.3, 0.4) is 0 Å². The Morgan fingerprint density at radius 2 is 2.20 bits per heavy atom. The first-order valence-electron chi connectivity index (χ1n) is 6.15. The minimum Gasteiger partial charge on any atom is -0.469 e. The van der Waals surface area contributed by atoms with Gasteiger partial charge in [0.05, 0.1) is 13.0 Å². The van der Waals surface area contributed by atoms with Gasteiger partial charge in [-0.3, -0.25) is 9.69 Å². The number of piperidine rings is 2. The molecule has 3 saturated heterocycles. The molecule has 0 saturated carbocycles. The Bertz CT molecular complexity index is 279. The molecule has 3 aliphatic rings. The van der Waals surface area contributed by atoms with Crippen molar-refractivity contribution in [2.24, 2.45) is 11.8 Å². The lowest BCUT2D eigenvalue weighted by atomic mass is 9.82. The summed E-state index contributed by atoms with van der Waals surface area (Å²) in [4.78, 5) is 14.3. The maximum absolute atomic E-state index is 11.7. The minimum absolute atomic E-state index is 0.0252. The number of hydrogen-bond acceptors (Lipinski definition) is 3. The lowest BCUT2D eigenvalue weighted by Gasteiger charge is -2.42. The summed E-state index contributed by atoms with van der Waals surface area (Å²) >= 11 is 0. The van der Waals surface area contributed by atoms with Crippen molar-refractivity contribution in [2.75, 3.05) is 13.7 Å². The summed E-state index contributed by atoms with van der Waals surface area (Å²) < 4.78 is 4.94. The number of rotatable bonds is 1. The monoisotopic (exact) mass is 209 g/mol. The molecule has 0 amide bonds. The molecule has 1 unspecified atom stereocenters. The van der Waals surface area contributed by atoms with Crippen molar-refractivity contribution in [3.05, 3.63) is 0 Å². The maximum Gasteiger partial charge on any atom is 0.310 e. The van der Waals surface area contributed by atoms with Gasteiger partial charge in [-0.15, -0.1) is 0 Å². The molecule has 0 aromatic heterocycles. The van der Waals surface area contributed by atoms with Crippen molar-refractivity contribution in [3.63, 3.8) is 0 Å². The second kappa shape index (κ2) is 3.48. The van der Waals surface area contributed by atoms with E-state index < -0.39 is 0 Å². The Morgan fingerprint density at radius 1 is 1.33 bits per heavy atom. The molecule has 3 nitrogen and oxygen atoms in total. The molecule has 4 bridgehead atoms. The SMILES string of the molecule is COC(=O)[C@H]1CC[C@@H]2C[C@@H]3CCCN2[C@@H]31. The van der Waals surface area contributed by atoms with E-state index in [0.29, 0.717) is 6.04 Å². The van der Waals surface area contributed by atoms with E-state index in [4.69, 9.17) is 4.74 Å². The van der Waals surface area contributed by atoms with E-state index in [9.17, 15) is 4.79 Å². The summed E-state index contributed by atoms with van der Waals surface area (Å²) in [5.41, 5.74) is 0. The van der Waals surface area contributed by atoms with Crippen LogP contribution in [0.4, 0.5) is 0 Å². The van der Waals surface area contributed by atoms with Gasteiger partial charge >= 0.3 is 5.97 Å².